The number of amides is 3. The predicted molar refractivity (Wildman–Crippen MR) is 85.8 cm³/mol. The normalized spacial score (nSPS) is 10.8. The lowest BCUT2D eigenvalue weighted by molar-refractivity contribution is 0.0981. The van der Waals surface area contributed by atoms with Crippen LogP contribution in [0.3, 0.4) is 0 Å². The van der Waals surface area contributed by atoms with Crippen LogP contribution < -0.4 is 15.8 Å². The van der Waals surface area contributed by atoms with Crippen molar-refractivity contribution in [1.82, 2.24) is 4.72 Å². The number of benzene rings is 2. The van der Waals surface area contributed by atoms with E-state index in [0.717, 1.165) is 0 Å². The Hall–Kier alpha value is -2.58. The average Bonchev–Trinajstić information content (AvgIpc) is 2.46. The molecular formula is C14H12ClN3O4S. The maximum absolute atomic E-state index is 12.2. The first-order valence-electron chi connectivity index (χ1n) is 6.28. The quantitative estimate of drug-likeness (QED) is 0.778. The van der Waals surface area contributed by atoms with Gasteiger partial charge in [0, 0.05) is 11.3 Å². The highest BCUT2D eigenvalue weighted by Gasteiger charge is 2.21. The Morgan fingerprint density at radius 1 is 1.04 bits per heavy atom. The van der Waals surface area contributed by atoms with Crippen molar-refractivity contribution in [3.63, 3.8) is 0 Å². The first-order chi connectivity index (χ1) is 10.8. The van der Waals surface area contributed by atoms with Crippen molar-refractivity contribution in [2.45, 2.75) is 4.90 Å². The van der Waals surface area contributed by atoms with Crippen molar-refractivity contribution in [3.05, 3.63) is 59.1 Å². The zero-order valence-electron chi connectivity index (χ0n) is 11.6. The minimum atomic E-state index is -4.12. The number of urea groups is 1. The zero-order chi connectivity index (χ0) is 17.0. The third-order valence-electron chi connectivity index (χ3n) is 2.75. The van der Waals surface area contributed by atoms with Gasteiger partial charge in [-0.2, -0.15) is 0 Å². The standard InChI is InChI=1S/C14H12ClN3O4S/c15-11-6-1-2-7-12(11)23(21,22)18-13(19)9-4-3-5-10(8-9)17-14(16)20/h1-8H,(H,18,19)(H3,16,17,20). The number of primary amides is 1. The molecule has 2 rings (SSSR count). The van der Waals surface area contributed by atoms with Gasteiger partial charge >= 0.3 is 6.03 Å². The molecule has 4 N–H and O–H groups in total. The summed E-state index contributed by atoms with van der Waals surface area (Å²) in [6, 6.07) is 10.6. The van der Waals surface area contributed by atoms with Gasteiger partial charge in [-0.25, -0.2) is 17.9 Å². The second kappa shape index (κ2) is 6.67. The SMILES string of the molecule is NC(=O)Nc1cccc(C(=O)NS(=O)(=O)c2ccccc2Cl)c1. The van der Waals surface area contributed by atoms with Crippen LogP contribution in [0.15, 0.2) is 53.4 Å². The van der Waals surface area contributed by atoms with Gasteiger partial charge in [-0.1, -0.05) is 29.8 Å². The number of hydrogen-bond acceptors (Lipinski definition) is 4. The first-order valence-corrected chi connectivity index (χ1v) is 8.14. The van der Waals surface area contributed by atoms with E-state index >= 15 is 0 Å². The minimum Gasteiger partial charge on any atom is -0.351 e. The highest BCUT2D eigenvalue weighted by Crippen LogP contribution is 2.20. The van der Waals surface area contributed by atoms with Crippen molar-refractivity contribution in [2.75, 3.05) is 5.32 Å². The summed E-state index contributed by atoms with van der Waals surface area (Å²) in [5.41, 5.74) is 5.28. The van der Waals surface area contributed by atoms with Crippen LogP contribution in [0.5, 0.6) is 0 Å². The van der Waals surface area contributed by atoms with Gasteiger partial charge in [-0.05, 0) is 30.3 Å². The first kappa shape index (κ1) is 16.8. The van der Waals surface area contributed by atoms with Gasteiger partial charge in [0.15, 0.2) is 0 Å². The molecule has 2 aromatic carbocycles. The third-order valence-corrected chi connectivity index (χ3v) is 4.58. The second-order valence-electron chi connectivity index (χ2n) is 4.44. The molecule has 0 aliphatic carbocycles. The topological polar surface area (TPSA) is 118 Å². The molecule has 7 nitrogen and oxygen atoms in total. The molecule has 3 amide bonds. The Bertz CT molecular complexity index is 868. The number of carbonyl (C=O) groups is 2. The molecule has 0 fully saturated rings. The smallest absolute Gasteiger partial charge is 0.316 e. The van der Waals surface area contributed by atoms with Gasteiger partial charge in [0.25, 0.3) is 15.9 Å². The van der Waals surface area contributed by atoms with Gasteiger partial charge in [0.1, 0.15) is 4.90 Å². The summed E-state index contributed by atoms with van der Waals surface area (Å²) in [6.45, 7) is 0. The molecule has 23 heavy (non-hydrogen) atoms. The van der Waals surface area contributed by atoms with E-state index in [2.05, 4.69) is 5.32 Å². The van der Waals surface area contributed by atoms with Gasteiger partial charge in [0.05, 0.1) is 5.02 Å². The molecular weight excluding hydrogens is 342 g/mol. The number of nitrogens with one attached hydrogen (secondary N) is 2. The van der Waals surface area contributed by atoms with Crippen molar-refractivity contribution in [2.24, 2.45) is 5.73 Å². The predicted octanol–water partition coefficient (Wildman–Crippen LogP) is 1.95. The number of nitrogens with two attached hydrogens (primary N) is 1. The highest BCUT2D eigenvalue weighted by molar-refractivity contribution is 7.90. The lowest BCUT2D eigenvalue weighted by atomic mass is 10.2. The monoisotopic (exact) mass is 353 g/mol. The Balaban J connectivity index is 2.25. The van der Waals surface area contributed by atoms with Crippen molar-refractivity contribution < 1.29 is 18.0 Å². The number of carbonyl (C=O) groups excluding carboxylic acids is 2. The van der Waals surface area contributed by atoms with E-state index in [9.17, 15) is 18.0 Å². The molecule has 0 heterocycles. The molecule has 0 unspecified atom stereocenters. The Kier molecular flexibility index (Phi) is 4.87. The van der Waals surface area contributed by atoms with Gasteiger partial charge < -0.3 is 11.1 Å². The van der Waals surface area contributed by atoms with Crippen molar-refractivity contribution >= 4 is 39.2 Å². The summed E-state index contributed by atoms with van der Waals surface area (Å²) in [6.07, 6.45) is 0. The molecule has 0 saturated carbocycles. The highest BCUT2D eigenvalue weighted by atomic mass is 35.5. The number of rotatable bonds is 4. The van der Waals surface area contributed by atoms with Gasteiger partial charge in [-0.15, -0.1) is 0 Å². The molecule has 0 aliphatic rings. The zero-order valence-corrected chi connectivity index (χ0v) is 13.2. The molecule has 9 heteroatoms. The lowest BCUT2D eigenvalue weighted by Crippen LogP contribution is -2.31. The molecule has 120 valence electrons. The van der Waals surface area contributed by atoms with E-state index in [-0.39, 0.29) is 21.2 Å². The van der Waals surface area contributed by atoms with E-state index < -0.39 is 22.0 Å². The number of anilines is 1. The van der Waals surface area contributed by atoms with Crippen LogP contribution in [0.1, 0.15) is 10.4 Å². The molecule has 0 radical (unpaired) electrons. The Labute approximate surface area is 137 Å². The molecule has 0 atom stereocenters. The summed E-state index contributed by atoms with van der Waals surface area (Å²) in [5.74, 6) is -0.863. The fourth-order valence-corrected chi connectivity index (χ4v) is 3.27. The Morgan fingerprint density at radius 2 is 1.74 bits per heavy atom. The van der Waals surface area contributed by atoms with Gasteiger partial charge in [0.2, 0.25) is 0 Å². The van der Waals surface area contributed by atoms with E-state index in [0.29, 0.717) is 0 Å². The summed E-state index contributed by atoms with van der Waals surface area (Å²) in [7, 11) is -4.12. The maximum Gasteiger partial charge on any atom is 0.316 e. The minimum absolute atomic E-state index is 0.00283. The van der Waals surface area contributed by atoms with Crippen molar-refractivity contribution in [3.8, 4) is 0 Å². The van der Waals surface area contributed by atoms with Crippen LogP contribution in [0.4, 0.5) is 10.5 Å². The Morgan fingerprint density at radius 3 is 2.39 bits per heavy atom. The van der Waals surface area contributed by atoms with Crippen LogP contribution in [0, 0.1) is 0 Å². The number of hydrogen-bond donors (Lipinski definition) is 3. The van der Waals surface area contributed by atoms with E-state index in [1.165, 1.54) is 42.5 Å². The summed E-state index contributed by atoms with van der Waals surface area (Å²) in [4.78, 5) is 22.7. The van der Waals surface area contributed by atoms with E-state index in [1.807, 2.05) is 4.72 Å². The molecule has 0 saturated heterocycles. The summed E-state index contributed by atoms with van der Waals surface area (Å²) < 4.78 is 26.3. The van der Waals surface area contributed by atoms with Gasteiger partial charge in [-0.3, -0.25) is 4.79 Å². The third kappa shape index (κ3) is 4.21. The van der Waals surface area contributed by atoms with Crippen LogP contribution in [-0.4, -0.2) is 20.4 Å². The van der Waals surface area contributed by atoms with Crippen LogP contribution >= 0.6 is 11.6 Å². The molecule has 0 aromatic heterocycles. The summed E-state index contributed by atoms with van der Waals surface area (Å²) >= 11 is 5.83. The molecule has 0 aliphatic heterocycles. The van der Waals surface area contributed by atoms with Crippen LogP contribution in [0.2, 0.25) is 5.02 Å². The van der Waals surface area contributed by atoms with Crippen LogP contribution in [0.25, 0.3) is 0 Å². The van der Waals surface area contributed by atoms with E-state index in [1.54, 1.807) is 6.07 Å². The van der Waals surface area contributed by atoms with Crippen molar-refractivity contribution in [1.29, 1.82) is 0 Å². The fraction of sp³-hybridized carbons (Fsp3) is 0. The average molecular weight is 354 g/mol. The largest absolute Gasteiger partial charge is 0.351 e. The maximum atomic E-state index is 12.2. The molecule has 2 aromatic rings. The lowest BCUT2D eigenvalue weighted by Gasteiger charge is -2.09. The van der Waals surface area contributed by atoms with Crippen LogP contribution in [-0.2, 0) is 10.0 Å². The summed E-state index contributed by atoms with van der Waals surface area (Å²) in [5, 5.41) is 2.29. The molecule has 0 bridgehead atoms. The van der Waals surface area contributed by atoms with E-state index in [4.69, 9.17) is 17.3 Å². The molecule has 0 spiro atoms. The second-order valence-corrected chi connectivity index (χ2v) is 6.49. The number of halogens is 1. The number of sulfonamides is 1. The fourth-order valence-electron chi connectivity index (χ4n) is 1.78.